The molecule has 0 amide bonds. The summed E-state index contributed by atoms with van der Waals surface area (Å²) >= 11 is 1.81. The number of methoxy groups -OCH3 is 2. The molecule has 1 heterocycles. The fraction of sp³-hybridized carbons (Fsp3) is 0.462. The summed E-state index contributed by atoms with van der Waals surface area (Å²) in [5.41, 5.74) is 1.64. The lowest BCUT2D eigenvalue weighted by Crippen LogP contribution is -2.26. The lowest BCUT2D eigenvalue weighted by molar-refractivity contribution is -0.0448. The zero-order valence-corrected chi connectivity index (χ0v) is 13.3. The van der Waals surface area contributed by atoms with Crippen molar-refractivity contribution in [2.24, 2.45) is 0 Å². The molecule has 98 valence electrons. The predicted molar refractivity (Wildman–Crippen MR) is 79.0 cm³/mol. The van der Waals surface area contributed by atoms with Crippen LogP contribution >= 0.6 is 11.3 Å². The van der Waals surface area contributed by atoms with Gasteiger partial charge in [-0.05, 0) is 18.6 Å². The monoisotopic (exact) mass is 281 g/mol. The zero-order chi connectivity index (χ0) is 13.0. The Morgan fingerprint density at radius 1 is 1.28 bits per heavy atom. The van der Waals surface area contributed by atoms with E-state index in [1.165, 1.54) is 9.71 Å². The lowest BCUT2D eigenvalue weighted by Gasteiger charge is -2.18. The van der Waals surface area contributed by atoms with Crippen LogP contribution in [0.3, 0.4) is 0 Å². The van der Waals surface area contributed by atoms with Gasteiger partial charge in [0.2, 0.25) is 0 Å². The van der Waals surface area contributed by atoms with E-state index in [-0.39, 0.29) is 5.91 Å². The van der Waals surface area contributed by atoms with Gasteiger partial charge in [0.25, 0.3) is 0 Å². The highest BCUT2D eigenvalue weighted by Gasteiger charge is 2.20. The Morgan fingerprint density at radius 2 is 2.00 bits per heavy atom. The molecular weight excluding hydrogens is 262 g/mol. The van der Waals surface area contributed by atoms with E-state index in [9.17, 15) is 0 Å². The summed E-state index contributed by atoms with van der Waals surface area (Å²) in [4.78, 5) is 4.75. The Bertz CT molecular complexity index is 465. The van der Waals surface area contributed by atoms with E-state index in [0.717, 1.165) is 11.9 Å². The van der Waals surface area contributed by atoms with Gasteiger partial charge in [0.15, 0.2) is 0 Å². The molecule has 5 heteroatoms. The van der Waals surface area contributed by atoms with Crippen molar-refractivity contribution in [3.05, 3.63) is 29.3 Å². The van der Waals surface area contributed by atoms with Crippen molar-refractivity contribution in [1.82, 2.24) is 4.98 Å². The summed E-state index contributed by atoms with van der Waals surface area (Å²) in [5, 5.41) is 1.24. The summed E-state index contributed by atoms with van der Waals surface area (Å²) < 4.78 is 12.0. The quantitative estimate of drug-likeness (QED) is 0.602. The van der Waals surface area contributed by atoms with E-state index in [1.54, 1.807) is 25.6 Å². The fourth-order valence-corrected chi connectivity index (χ4v) is 5.11. The Labute approximate surface area is 114 Å². The average molecular weight is 281 g/mol. The van der Waals surface area contributed by atoms with Crippen LogP contribution in [0.2, 0.25) is 0 Å². The first-order chi connectivity index (χ1) is 8.78. The standard InChI is InChI=1S/C13H19NO2SSi/c1-4-11(18-13(15-2)16-3)12-14-9-7-5-6-8-10(9)17-12/h5-8,11,13H,4,18H2,1-3H3. The maximum atomic E-state index is 5.34. The number of aromatic nitrogens is 1. The number of nitrogens with zero attached hydrogens (tertiary/aromatic N) is 1. The molecule has 0 bridgehead atoms. The van der Waals surface area contributed by atoms with Gasteiger partial charge in [-0.3, -0.25) is 0 Å². The molecule has 0 aliphatic carbocycles. The second-order valence-corrected chi connectivity index (χ2v) is 7.45. The van der Waals surface area contributed by atoms with Gasteiger partial charge in [-0.25, -0.2) is 4.98 Å². The third-order valence-electron chi connectivity index (χ3n) is 3.16. The highest BCUT2D eigenvalue weighted by atomic mass is 32.1. The molecule has 18 heavy (non-hydrogen) atoms. The third kappa shape index (κ3) is 2.98. The van der Waals surface area contributed by atoms with E-state index in [4.69, 9.17) is 14.5 Å². The molecular formula is C13H19NO2SSi. The van der Waals surface area contributed by atoms with E-state index in [1.807, 2.05) is 6.07 Å². The number of hydrogen-bond acceptors (Lipinski definition) is 4. The fourth-order valence-electron chi connectivity index (χ4n) is 2.03. The molecule has 1 aromatic carbocycles. The normalized spacial score (nSPS) is 14.0. The first-order valence-corrected chi connectivity index (χ1v) is 8.64. The number of para-hydroxylation sites is 1. The maximum absolute atomic E-state index is 5.34. The molecule has 0 N–H and O–H groups in total. The number of rotatable bonds is 6. The van der Waals surface area contributed by atoms with Crippen molar-refractivity contribution in [2.75, 3.05) is 14.2 Å². The molecule has 3 nitrogen and oxygen atoms in total. The SMILES string of the molecule is CCC([SiH2]C(OC)OC)c1nc2ccccc2s1. The summed E-state index contributed by atoms with van der Waals surface area (Å²) in [6.07, 6.45) is 1.11. The second-order valence-electron chi connectivity index (χ2n) is 4.26. The number of hydrogen-bond donors (Lipinski definition) is 0. The van der Waals surface area contributed by atoms with E-state index < -0.39 is 9.52 Å². The highest BCUT2D eigenvalue weighted by Crippen LogP contribution is 2.29. The minimum absolute atomic E-state index is 0.0121. The van der Waals surface area contributed by atoms with Crippen LogP contribution in [-0.2, 0) is 9.47 Å². The molecule has 0 aliphatic rings. The molecule has 0 saturated carbocycles. The summed E-state index contributed by atoms with van der Waals surface area (Å²) in [7, 11) is 2.93. The van der Waals surface area contributed by atoms with Crippen LogP contribution in [0.1, 0.15) is 23.9 Å². The van der Waals surface area contributed by atoms with Gasteiger partial charge in [0, 0.05) is 19.8 Å². The molecule has 1 unspecified atom stereocenters. The minimum Gasteiger partial charge on any atom is -0.360 e. The molecule has 0 radical (unpaired) electrons. The van der Waals surface area contributed by atoms with Gasteiger partial charge in [0.1, 0.15) is 15.4 Å². The van der Waals surface area contributed by atoms with Crippen molar-refractivity contribution in [3.8, 4) is 0 Å². The van der Waals surface area contributed by atoms with E-state index in [2.05, 4.69) is 25.1 Å². The first-order valence-electron chi connectivity index (χ1n) is 6.19. The van der Waals surface area contributed by atoms with Crippen LogP contribution in [0.4, 0.5) is 0 Å². The Balaban J connectivity index is 2.21. The highest BCUT2D eigenvalue weighted by molar-refractivity contribution is 7.18. The topological polar surface area (TPSA) is 31.4 Å². The van der Waals surface area contributed by atoms with Crippen LogP contribution in [0, 0.1) is 0 Å². The van der Waals surface area contributed by atoms with Crippen molar-refractivity contribution in [1.29, 1.82) is 0 Å². The minimum atomic E-state index is -0.501. The number of thiazole rings is 1. The van der Waals surface area contributed by atoms with E-state index >= 15 is 0 Å². The third-order valence-corrected chi connectivity index (χ3v) is 7.23. The van der Waals surface area contributed by atoms with Crippen LogP contribution in [0.25, 0.3) is 10.2 Å². The van der Waals surface area contributed by atoms with Crippen molar-refractivity contribution >= 4 is 31.1 Å². The molecule has 0 spiro atoms. The Morgan fingerprint density at radius 3 is 2.61 bits per heavy atom. The van der Waals surface area contributed by atoms with Crippen LogP contribution in [-0.4, -0.2) is 34.6 Å². The van der Waals surface area contributed by atoms with Gasteiger partial charge >= 0.3 is 0 Å². The zero-order valence-electron chi connectivity index (χ0n) is 11.1. The van der Waals surface area contributed by atoms with Gasteiger partial charge in [0.05, 0.1) is 15.2 Å². The van der Waals surface area contributed by atoms with E-state index in [0.29, 0.717) is 5.54 Å². The van der Waals surface area contributed by atoms with Crippen molar-refractivity contribution in [3.63, 3.8) is 0 Å². The van der Waals surface area contributed by atoms with Gasteiger partial charge in [-0.1, -0.05) is 19.1 Å². The van der Waals surface area contributed by atoms with Crippen LogP contribution in [0.5, 0.6) is 0 Å². The predicted octanol–water partition coefficient (Wildman–Crippen LogP) is 2.49. The molecule has 0 fully saturated rings. The Kier molecular flexibility index (Phi) is 4.88. The smallest absolute Gasteiger partial charge is 0.134 e. The largest absolute Gasteiger partial charge is 0.360 e. The van der Waals surface area contributed by atoms with Gasteiger partial charge < -0.3 is 9.47 Å². The summed E-state index contributed by atoms with van der Waals surface area (Å²) in [6, 6.07) is 8.32. The summed E-state index contributed by atoms with van der Waals surface area (Å²) in [6.45, 7) is 2.21. The summed E-state index contributed by atoms with van der Waals surface area (Å²) in [5.74, 6) is -0.0121. The second kappa shape index (κ2) is 6.42. The van der Waals surface area contributed by atoms with Gasteiger partial charge in [-0.15, -0.1) is 11.3 Å². The number of benzene rings is 1. The first kappa shape index (κ1) is 13.7. The average Bonchev–Trinajstić information content (AvgIpc) is 2.84. The molecule has 1 atom stereocenters. The molecule has 0 saturated heterocycles. The van der Waals surface area contributed by atoms with Gasteiger partial charge in [-0.2, -0.15) is 0 Å². The lowest BCUT2D eigenvalue weighted by atomic mass is 10.3. The Hall–Kier alpha value is -0.753. The molecule has 1 aromatic heterocycles. The maximum Gasteiger partial charge on any atom is 0.134 e. The molecule has 2 rings (SSSR count). The molecule has 2 aromatic rings. The van der Waals surface area contributed by atoms with Crippen LogP contribution in [0.15, 0.2) is 24.3 Å². The number of fused-ring (bicyclic) bond motifs is 1. The molecule has 0 aliphatic heterocycles. The van der Waals surface area contributed by atoms with Crippen molar-refractivity contribution in [2.45, 2.75) is 24.8 Å². The van der Waals surface area contributed by atoms with Crippen LogP contribution < -0.4 is 0 Å². The van der Waals surface area contributed by atoms with Crippen molar-refractivity contribution < 1.29 is 9.47 Å². The number of ether oxygens (including phenoxy) is 2.